The zero-order valence-electron chi connectivity index (χ0n) is 17.6. The highest BCUT2D eigenvalue weighted by atomic mass is 19.1. The van der Waals surface area contributed by atoms with Crippen molar-refractivity contribution in [3.63, 3.8) is 0 Å². The molecule has 2 aromatic carbocycles. The Hall–Kier alpha value is -3.47. The lowest BCUT2D eigenvalue weighted by Crippen LogP contribution is -2.43. The third-order valence-electron chi connectivity index (χ3n) is 7.04. The van der Waals surface area contributed by atoms with Gasteiger partial charge in [-0.2, -0.15) is 4.39 Å². The van der Waals surface area contributed by atoms with Gasteiger partial charge in [0.25, 0.3) is 0 Å². The third-order valence-corrected chi connectivity index (χ3v) is 7.04. The molecule has 3 aromatic rings. The van der Waals surface area contributed by atoms with Crippen LogP contribution in [0.2, 0.25) is 0 Å². The molecule has 4 nitrogen and oxygen atoms in total. The molecule has 3 aliphatic rings. The van der Waals surface area contributed by atoms with Crippen LogP contribution in [0.25, 0.3) is 16.7 Å². The van der Waals surface area contributed by atoms with Gasteiger partial charge < -0.3 is 4.74 Å². The third kappa shape index (κ3) is 3.11. The molecule has 1 fully saturated rings. The summed E-state index contributed by atoms with van der Waals surface area (Å²) in [6.07, 6.45) is 6.07. The van der Waals surface area contributed by atoms with Gasteiger partial charge in [-0.15, -0.1) is 0 Å². The molecule has 160 valence electrons. The van der Waals surface area contributed by atoms with Gasteiger partial charge in [0.05, 0.1) is 6.04 Å². The maximum Gasteiger partial charge on any atom is 0.410 e. The van der Waals surface area contributed by atoms with Gasteiger partial charge in [-0.1, -0.05) is 54.6 Å². The van der Waals surface area contributed by atoms with Crippen LogP contribution in [0.3, 0.4) is 0 Å². The molecule has 32 heavy (non-hydrogen) atoms. The van der Waals surface area contributed by atoms with Gasteiger partial charge in [0.2, 0.25) is 5.95 Å². The van der Waals surface area contributed by atoms with E-state index in [0.29, 0.717) is 6.61 Å². The molecule has 0 radical (unpaired) electrons. The number of ether oxygens (including phenoxy) is 1. The van der Waals surface area contributed by atoms with E-state index < -0.39 is 5.95 Å². The van der Waals surface area contributed by atoms with Crippen LogP contribution >= 0.6 is 0 Å². The lowest BCUT2D eigenvalue weighted by Gasteiger charge is -2.33. The molecule has 2 bridgehead atoms. The number of halogens is 1. The van der Waals surface area contributed by atoms with Crippen molar-refractivity contribution >= 4 is 11.7 Å². The Bertz CT molecular complexity index is 1170. The van der Waals surface area contributed by atoms with Crippen LogP contribution in [0.1, 0.15) is 41.9 Å². The Morgan fingerprint density at radius 3 is 2.38 bits per heavy atom. The summed E-state index contributed by atoms with van der Waals surface area (Å²) in [6.45, 7) is 0.335. The summed E-state index contributed by atoms with van der Waals surface area (Å²) < 4.78 is 19.1. The Balaban J connectivity index is 1.20. The average molecular weight is 426 g/mol. The second-order valence-corrected chi connectivity index (χ2v) is 8.78. The van der Waals surface area contributed by atoms with Gasteiger partial charge in [-0.05, 0) is 64.8 Å². The number of pyridine rings is 1. The van der Waals surface area contributed by atoms with Crippen LogP contribution in [0.5, 0.6) is 0 Å². The minimum atomic E-state index is -0.478. The molecule has 6 rings (SSSR count). The Kier molecular flexibility index (Phi) is 4.56. The van der Waals surface area contributed by atoms with Gasteiger partial charge >= 0.3 is 6.09 Å². The van der Waals surface area contributed by atoms with E-state index in [1.54, 1.807) is 12.3 Å². The topological polar surface area (TPSA) is 42.4 Å². The SMILES string of the molecule is O=C(OCC1c2ccccc2-c2ccccc21)N1C2C=C(c3ccc(F)nc3)CC1CC2. The van der Waals surface area contributed by atoms with Crippen molar-refractivity contribution in [1.29, 1.82) is 0 Å². The quantitative estimate of drug-likeness (QED) is 0.498. The van der Waals surface area contributed by atoms with Crippen LogP contribution in [0.15, 0.2) is 72.9 Å². The fourth-order valence-corrected chi connectivity index (χ4v) is 5.56. The number of hydrogen-bond acceptors (Lipinski definition) is 3. The smallest absolute Gasteiger partial charge is 0.410 e. The number of amides is 1. The van der Waals surface area contributed by atoms with Crippen LogP contribution < -0.4 is 0 Å². The summed E-state index contributed by atoms with van der Waals surface area (Å²) in [5, 5.41) is 0. The maximum atomic E-state index is 13.2. The number of hydrogen-bond donors (Lipinski definition) is 0. The zero-order chi connectivity index (χ0) is 21.7. The van der Waals surface area contributed by atoms with E-state index in [0.717, 1.165) is 30.4 Å². The number of benzene rings is 2. The second kappa shape index (κ2) is 7.59. The molecule has 1 aromatic heterocycles. The molecule has 3 heterocycles. The van der Waals surface area contributed by atoms with Gasteiger partial charge in [0.15, 0.2) is 0 Å². The minimum absolute atomic E-state index is 0.0180. The first-order chi connectivity index (χ1) is 15.7. The summed E-state index contributed by atoms with van der Waals surface area (Å²) in [5.74, 6) is -0.418. The van der Waals surface area contributed by atoms with Crippen molar-refractivity contribution < 1.29 is 13.9 Å². The molecule has 0 N–H and O–H groups in total. The summed E-state index contributed by atoms with van der Waals surface area (Å²) in [5.41, 5.74) is 6.94. The molecule has 1 aliphatic carbocycles. The van der Waals surface area contributed by atoms with Gasteiger partial charge in [0.1, 0.15) is 6.61 Å². The lowest BCUT2D eigenvalue weighted by atomic mass is 9.96. The van der Waals surface area contributed by atoms with E-state index in [4.69, 9.17) is 4.74 Å². The summed E-state index contributed by atoms with van der Waals surface area (Å²) in [4.78, 5) is 18.8. The Morgan fingerprint density at radius 1 is 1.00 bits per heavy atom. The number of nitrogens with zero attached hydrogens (tertiary/aromatic N) is 2. The van der Waals surface area contributed by atoms with Crippen LogP contribution in [-0.2, 0) is 4.74 Å². The molecule has 5 heteroatoms. The second-order valence-electron chi connectivity index (χ2n) is 8.78. The largest absolute Gasteiger partial charge is 0.448 e. The van der Waals surface area contributed by atoms with Crippen LogP contribution in [0, 0.1) is 5.95 Å². The monoisotopic (exact) mass is 426 g/mol. The van der Waals surface area contributed by atoms with Crippen molar-refractivity contribution in [3.05, 3.63) is 95.6 Å². The van der Waals surface area contributed by atoms with Gasteiger partial charge in [-0.25, -0.2) is 9.78 Å². The maximum absolute atomic E-state index is 13.2. The Morgan fingerprint density at radius 2 is 1.72 bits per heavy atom. The van der Waals surface area contributed by atoms with E-state index in [9.17, 15) is 9.18 Å². The molecule has 1 saturated heterocycles. The predicted molar refractivity (Wildman–Crippen MR) is 121 cm³/mol. The van der Waals surface area contributed by atoms with E-state index in [1.165, 1.54) is 28.3 Å². The molecular weight excluding hydrogens is 403 g/mol. The zero-order valence-corrected chi connectivity index (χ0v) is 17.6. The fourth-order valence-electron chi connectivity index (χ4n) is 5.56. The molecule has 2 atom stereocenters. The first-order valence-corrected chi connectivity index (χ1v) is 11.1. The van der Waals surface area contributed by atoms with E-state index in [2.05, 4.69) is 47.5 Å². The predicted octanol–water partition coefficient (Wildman–Crippen LogP) is 5.79. The molecule has 2 unspecified atom stereocenters. The highest BCUT2D eigenvalue weighted by Crippen LogP contribution is 2.45. The number of rotatable bonds is 3. The van der Waals surface area contributed by atoms with Gasteiger partial charge in [-0.3, -0.25) is 4.90 Å². The first-order valence-electron chi connectivity index (χ1n) is 11.1. The number of carbonyl (C=O) groups excluding carboxylic acids is 1. The molecular formula is C27H23FN2O2. The summed E-state index contributed by atoms with van der Waals surface area (Å²) in [7, 11) is 0. The van der Waals surface area contributed by atoms with Crippen molar-refractivity contribution in [2.24, 2.45) is 0 Å². The van der Waals surface area contributed by atoms with E-state index in [1.807, 2.05) is 17.0 Å². The molecule has 0 spiro atoms. The van der Waals surface area contributed by atoms with Crippen molar-refractivity contribution in [2.45, 2.75) is 37.3 Å². The van der Waals surface area contributed by atoms with Crippen molar-refractivity contribution in [2.75, 3.05) is 6.61 Å². The average Bonchev–Trinajstić information content (AvgIpc) is 3.29. The van der Waals surface area contributed by atoms with Gasteiger partial charge in [0, 0.05) is 18.2 Å². The van der Waals surface area contributed by atoms with E-state index in [-0.39, 0.29) is 24.1 Å². The first kappa shape index (κ1) is 19.2. The molecule has 0 saturated carbocycles. The molecule has 2 aliphatic heterocycles. The minimum Gasteiger partial charge on any atom is -0.448 e. The lowest BCUT2D eigenvalue weighted by molar-refractivity contribution is 0.0866. The Labute approximate surface area is 186 Å². The van der Waals surface area contributed by atoms with Crippen molar-refractivity contribution in [1.82, 2.24) is 9.88 Å². The highest BCUT2D eigenvalue weighted by Gasteiger charge is 2.41. The van der Waals surface area contributed by atoms with E-state index >= 15 is 0 Å². The molecule has 1 amide bonds. The van der Waals surface area contributed by atoms with Crippen LogP contribution in [0.4, 0.5) is 9.18 Å². The normalized spacial score (nSPS) is 21.2. The number of carbonyl (C=O) groups is 1. The fraction of sp³-hybridized carbons (Fsp3) is 0.259. The summed E-state index contributed by atoms with van der Waals surface area (Å²) >= 11 is 0. The van der Waals surface area contributed by atoms with Crippen molar-refractivity contribution in [3.8, 4) is 11.1 Å². The highest BCUT2D eigenvalue weighted by molar-refractivity contribution is 5.79. The number of aromatic nitrogens is 1. The number of fused-ring (bicyclic) bond motifs is 5. The standard InChI is InChI=1S/C27H23FN2O2/c28-26-12-9-17(15-29-26)18-13-19-10-11-20(14-18)30(19)27(31)32-16-25-23-7-3-1-5-21(23)22-6-2-4-8-24(22)25/h1-9,12-13,15,19-20,25H,10-11,14,16H2. The summed E-state index contributed by atoms with van der Waals surface area (Å²) in [6, 6.07) is 20.0. The van der Waals surface area contributed by atoms with Crippen LogP contribution in [-0.4, -0.2) is 34.7 Å².